The van der Waals surface area contributed by atoms with Gasteiger partial charge in [-0.1, -0.05) is 45.9 Å². The first-order chi connectivity index (χ1) is 44.1. The fraction of sp³-hybridized carbons (Fsp3) is 0.569. The van der Waals surface area contributed by atoms with E-state index >= 15 is 0 Å². The van der Waals surface area contributed by atoms with Crippen LogP contribution in [-0.2, 0) is 80.0 Å². The van der Waals surface area contributed by atoms with E-state index in [0.29, 0.717) is 27.9 Å². The van der Waals surface area contributed by atoms with Gasteiger partial charge in [-0.25, -0.2) is 4.98 Å². The number of H-pyrrole nitrogens is 2. The molecule has 0 fully saturated rings. The number of imidazole rings is 1. The average Bonchev–Trinajstić information content (AvgIpc) is 1.75. The number of nitrogens with zero attached hydrogens (tertiary/aromatic N) is 1. The van der Waals surface area contributed by atoms with E-state index in [1.54, 1.807) is 44.3 Å². The third kappa shape index (κ3) is 28.3. The summed E-state index contributed by atoms with van der Waals surface area (Å²) in [6, 6.07) is -4.41. The lowest BCUT2D eigenvalue weighted by Gasteiger charge is -2.26. The number of unbranched alkanes of at least 4 members (excludes halogenated alkanes) is 1. The van der Waals surface area contributed by atoms with Gasteiger partial charge < -0.3 is 96.1 Å². The first kappa shape index (κ1) is 78.4. The maximum atomic E-state index is 14.3. The van der Waals surface area contributed by atoms with Crippen LogP contribution in [0.15, 0.2) is 43.0 Å². The number of carbonyl (C=O) groups is 14. The molecule has 0 saturated heterocycles. The molecule has 9 atom stereocenters. The minimum atomic E-state index is -1.42. The highest BCUT2D eigenvalue weighted by Gasteiger charge is 2.34. The van der Waals surface area contributed by atoms with Crippen molar-refractivity contribution in [2.75, 3.05) is 50.5 Å². The van der Waals surface area contributed by atoms with Crippen molar-refractivity contribution in [3.05, 3.63) is 54.2 Å². The van der Waals surface area contributed by atoms with E-state index in [0.717, 1.165) is 0 Å². The number of benzene rings is 1. The summed E-state index contributed by atoms with van der Waals surface area (Å²) in [4.78, 5) is 194. The van der Waals surface area contributed by atoms with Crippen molar-refractivity contribution < 1.29 is 72.2 Å². The molecule has 0 saturated carbocycles. The minimum Gasteiger partial charge on any atom is -0.394 e. The van der Waals surface area contributed by atoms with E-state index in [4.69, 9.17) is 17.2 Å². The summed E-state index contributed by atoms with van der Waals surface area (Å²) >= 11 is 5.50. The summed E-state index contributed by atoms with van der Waals surface area (Å²) in [5, 5.41) is 40.4. The summed E-state index contributed by atoms with van der Waals surface area (Å²) in [5.41, 5.74) is 17.9. The molecule has 3 rings (SSSR count). The number of nitrogens with two attached hydrogens (primary N) is 3. The van der Waals surface area contributed by atoms with E-state index in [1.165, 1.54) is 31.2 Å². The Labute approximate surface area is 547 Å². The molecule has 35 heteroatoms. The number of para-hydroxylation sites is 1. The van der Waals surface area contributed by atoms with Crippen molar-refractivity contribution in [1.29, 1.82) is 0 Å². The van der Waals surface area contributed by atoms with Gasteiger partial charge in [0.25, 0.3) is 0 Å². The van der Waals surface area contributed by atoms with Gasteiger partial charge in [-0.3, -0.25) is 67.1 Å². The monoisotopic (exact) mass is 1340 g/mol. The second-order valence-electron chi connectivity index (χ2n) is 22.5. The molecule has 1 aromatic carbocycles. The number of thioether (sulfide) groups is 1. The van der Waals surface area contributed by atoms with E-state index in [2.05, 4.69) is 91.4 Å². The lowest BCUT2D eigenvalue weighted by atomic mass is 10.0. The maximum absolute atomic E-state index is 14.3. The normalized spacial score (nSPS) is 14.0. The molecule has 0 aliphatic rings. The highest BCUT2D eigenvalue weighted by Crippen LogP contribution is 2.20. The van der Waals surface area contributed by atoms with Crippen LogP contribution < -0.4 is 81.0 Å². The van der Waals surface area contributed by atoms with Gasteiger partial charge in [0, 0.05) is 67.0 Å². The fourth-order valence-corrected chi connectivity index (χ4v) is 9.77. The Morgan fingerprint density at radius 2 is 1.18 bits per heavy atom. The summed E-state index contributed by atoms with van der Waals surface area (Å²) in [5.74, 6) is -11.2. The van der Waals surface area contributed by atoms with Crippen LogP contribution in [0.4, 0.5) is 0 Å². The molecular formula is C58H90N18O15S2. The number of aliphatic hydroxyl groups is 1. The third-order valence-corrected chi connectivity index (χ3v) is 15.1. The molecule has 514 valence electrons. The van der Waals surface area contributed by atoms with Gasteiger partial charge in [-0.2, -0.15) is 24.4 Å². The largest absolute Gasteiger partial charge is 0.394 e. The predicted molar refractivity (Wildman–Crippen MR) is 345 cm³/mol. The molecule has 21 N–H and O–H groups in total. The van der Waals surface area contributed by atoms with Crippen LogP contribution in [0.25, 0.3) is 10.9 Å². The predicted octanol–water partition coefficient (Wildman–Crippen LogP) is -5.34. The highest BCUT2D eigenvalue weighted by molar-refractivity contribution is 7.98. The van der Waals surface area contributed by atoms with Crippen LogP contribution in [0.1, 0.15) is 90.8 Å². The van der Waals surface area contributed by atoms with E-state index < -0.39 is 169 Å². The molecule has 0 unspecified atom stereocenters. The molecule has 14 amide bonds. The van der Waals surface area contributed by atoms with Crippen molar-refractivity contribution >= 4 is 118 Å². The smallest absolute Gasteiger partial charge is 0.245 e. The summed E-state index contributed by atoms with van der Waals surface area (Å²) in [6.07, 6.45) is 6.05. The lowest BCUT2D eigenvalue weighted by Crippen LogP contribution is -2.59. The number of aliphatic hydroxyl groups excluding tert-OH is 1. The van der Waals surface area contributed by atoms with Crippen molar-refractivity contribution in [2.45, 2.75) is 147 Å². The van der Waals surface area contributed by atoms with Crippen molar-refractivity contribution in [3.63, 3.8) is 0 Å². The minimum absolute atomic E-state index is 0.0512. The van der Waals surface area contributed by atoms with Crippen LogP contribution >= 0.6 is 24.4 Å². The lowest BCUT2D eigenvalue weighted by molar-refractivity contribution is -0.135. The fourth-order valence-electron chi connectivity index (χ4n) is 9.04. The van der Waals surface area contributed by atoms with E-state index in [1.807, 2.05) is 20.1 Å². The van der Waals surface area contributed by atoms with Crippen LogP contribution in [0.2, 0.25) is 0 Å². The van der Waals surface area contributed by atoms with Crippen LogP contribution in [-0.4, -0.2) is 208 Å². The van der Waals surface area contributed by atoms with Crippen molar-refractivity contribution in [3.8, 4) is 0 Å². The Morgan fingerprint density at radius 3 is 1.81 bits per heavy atom. The van der Waals surface area contributed by atoms with Gasteiger partial charge in [0.2, 0.25) is 82.7 Å². The SMILES string of the molecule is CSCC[C@H](NC(=O)[C@H](CC(C)C)NC(=O)[C@H](Cc1cnc[nH]1)NC(=O)CNC(=O)[C@@H](NC(=O)[C@H](C)NC(=O)[C@H](Cc1c[nH]c2ccccc12)NC(=O)[C@H](CCC(N)=O)NC(=O)CCCCNC(=O)CNC(=O)[C@H](CS)NC(=O)[C@H](CO)NC(=O)CN)C(C)C)C(N)=O. The second kappa shape index (κ2) is 40.9. The quantitative estimate of drug-likeness (QED) is 0.0186. The van der Waals surface area contributed by atoms with Gasteiger partial charge in [-0.05, 0) is 74.5 Å². The number of aromatic nitrogens is 3. The average molecular weight is 1340 g/mol. The molecule has 0 aliphatic heterocycles. The Morgan fingerprint density at radius 1 is 0.591 bits per heavy atom. The number of hydrogen-bond donors (Lipinski definition) is 19. The molecule has 2 aromatic heterocycles. The topological polar surface area (TPSA) is 526 Å². The number of fused-ring (bicyclic) bond motifs is 1. The van der Waals surface area contributed by atoms with Gasteiger partial charge in [-0.15, -0.1) is 0 Å². The zero-order valence-corrected chi connectivity index (χ0v) is 54.6. The zero-order valence-electron chi connectivity index (χ0n) is 52.9. The Bertz CT molecular complexity index is 3040. The zero-order chi connectivity index (χ0) is 69.3. The molecule has 33 nitrogen and oxygen atoms in total. The Balaban J connectivity index is 1.67. The molecule has 0 radical (unpaired) electrons. The molecule has 0 spiro atoms. The highest BCUT2D eigenvalue weighted by atomic mass is 32.2. The third-order valence-electron chi connectivity index (χ3n) is 14.1. The number of thiol groups is 1. The number of carbonyl (C=O) groups excluding carboxylic acids is 14. The molecule has 3 aromatic rings. The summed E-state index contributed by atoms with van der Waals surface area (Å²) in [6.45, 7) is 5.86. The molecule has 2 heterocycles. The van der Waals surface area contributed by atoms with Crippen LogP contribution in [0.3, 0.4) is 0 Å². The number of nitrogens with one attached hydrogen (secondary N) is 14. The van der Waals surface area contributed by atoms with Gasteiger partial charge in [0.05, 0.1) is 32.6 Å². The molecule has 0 bridgehead atoms. The maximum Gasteiger partial charge on any atom is 0.245 e. The number of amides is 14. The van der Waals surface area contributed by atoms with Crippen LogP contribution in [0, 0.1) is 11.8 Å². The standard InChI is InChI=1S/C58H90N18O15S2/c1-30(2)19-39(55(88)72-37(50(61)83)16-18-93-6)73-56(89)41(21-34-24-62-29-67-34)70-48(82)26-66-58(91)49(31(3)4)76-51(84)32(5)68-54(87)40(20-33-23-64-36-12-8-7-11-35(33)36)74-53(86)38(14-15-44(60)78)69-45(79)13-9-10-17-63-47(81)25-65-52(85)43(28-92)75-57(90)42(27-77)71-46(80)22-59/h7-8,11-12,23-24,29-32,37-43,49,64,77,92H,9-10,13-22,25-28,59H2,1-6H3,(H2,60,78)(H2,61,83)(H,62,67)(H,63,81)(H,65,85)(H,66,91)(H,68,87)(H,69,79)(H,70,82)(H,71,80)(H,72,88)(H,73,89)(H,74,86)(H,75,90)(H,76,84)/t32-,37-,38-,39-,40-,41-,42-,43-,49-/m0/s1. The van der Waals surface area contributed by atoms with Gasteiger partial charge >= 0.3 is 0 Å². The summed E-state index contributed by atoms with van der Waals surface area (Å²) in [7, 11) is 0. The van der Waals surface area contributed by atoms with Crippen molar-refractivity contribution in [2.24, 2.45) is 29.0 Å². The van der Waals surface area contributed by atoms with Gasteiger partial charge in [0.1, 0.15) is 54.4 Å². The molecule has 0 aliphatic carbocycles. The molecular weight excluding hydrogens is 1250 g/mol. The first-order valence-corrected chi connectivity index (χ1v) is 32.2. The van der Waals surface area contributed by atoms with Crippen molar-refractivity contribution in [1.82, 2.24) is 78.8 Å². The number of hydrogen-bond acceptors (Lipinski definition) is 19. The molecule has 93 heavy (non-hydrogen) atoms. The second-order valence-corrected chi connectivity index (χ2v) is 23.9. The number of rotatable bonds is 43. The number of primary amides is 2. The van der Waals surface area contributed by atoms with E-state index in [-0.39, 0.29) is 76.0 Å². The first-order valence-electron chi connectivity index (χ1n) is 30.1. The van der Waals surface area contributed by atoms with Gasteiger partial charge in [0.15, 0.2) is 0 Å². The Kier molecular flexibility index (Phi) is 34.5. The summed E-state index contributed by atoms with van der Waals surface area (Å²) < 4.78 is 0. The Hall–Kier alpha value is -8.83. The van der Waals surface area contributed by atoms with Crippen LogP contribution in [0.5, 0.6) is 0 Å². The number of aromatic amines is 2. The van der Waals surface area contributed by atoms with E-state index in [9.17, 15) is 72.2 Å².